The Morgan fingerprint density at radius 1 is 1.30 bits per heavy atom. The molecule has 0 heterocycles. The summed E-state index contributed by atoms with van der Waals surface area (Å²) in [6, 6.07) is -1.04. The van der Waals surface area contributed by atoms with Gasteiger partial charge >= 0.3 is 12.0 Å². The first-order valence-electron chi connectivity index (χ1n) is 5.29. The number of benzene rings is 1. The number of methoxy groups -OCH3 is 1. The van der Waals surface area contributed by atoms with Crippen molar-refractivity contribution in [1.82, 2.24) is 5.32 Å². The number of amides is 2. The van der Waals surface area contributed by atoms with Crippen LogP contribution < -0.4 is 10.6 Å². The lowest BCUT2D eigenvalue weighted by atomic mass is 10.3. The van der Waals surface area contributed by atoms with Crippen LogP contribution in [0.3, 0.4) is 0 Å². The molecule has 9 heteroatoms. The van der Waals surface area contributed by atoms with E-state index in [2.05, 4.69) is 4.74 Å². The Balaban J connectivity index is 2.76. The Kier molecular flexibility index (Phi) is 5.32. The number of carboxylic acid groups (broad SMARTS) is 1. The van der Waals surface area contributed by atoms with Crippen LogP contribution in [0.25, 0.3) is 0 Å². The number of hydrogen-bond donors (Lipinski definition) is 3. The molecule has 0 bridgehead atoms. The highest BCUT2D eigenvalue weighted by atomic mass is 19.2. The first kappa shape index (κ1) is 15.8. The molecule has 0 aromatic heterocycles. The normalized spacial score (nSPS) is 11.8. The van der Waals surface area contributed by atoms with Gasteiger partial charge in [0.15, 0.2) is 23.5 Å². The number of nitrogens with one attached hydrogen (secondary N) is 2. The maximum Gasteiger partial charge on any atom is 0.328 e. The molecule has 6 nitrogen and oxygen atoms in total. The van der Waals surface area contributed by atoms with Crippen molar-refractivity contribution >= 4 is 17.7 Å². The van der Waals surface area contributed by atoms with Gasteiger partial charge in [-0.15, -0.1) is 0 Å². The minimum atomic E-state index is -1.74. The zero-order valence-corrected chi connectivity index (χ0v) is 10.2. The van der Waals surface area contributed by atoms with Gasteiger partial charge in [0.05, 0.1) is 12.3 Å². The van der Waals surface area contributed by atoms with Gasteiger partial charge in [0.25, 0.3) is 0 Å². The third-order valence-corrected chi connectivity index (χ3v) is 2.22. The van der Waals surface area contributed by atoms with E-state index in [0.29, 0.717) is 6.07 Å². The highest BCUT2D eigenvalue weighted by molar-refractivity contribution is 5.92. The molecule has 1 unspecified atom stereocenters. The molecule has 110 valence electrons. The van der Waals surface area contributed by atoms with E-state index in [1.165, 1.54) is 7.11 Å². The molecular weight excluding hydrogens is 281 g/mol. The average Bonchev–Trinajstić information content (AvgIpc) is 2.39. The molecule has 0 aliphatic carbocycles. The van der Waals surface area contributed by atoms with Crippen LogP contribution in [0.15, 0.2) is 12.1 Å². The average molecular weight is 292 g/mol. The Morgan fingerprint density at radius 3 is 2.50 bits per heavy atom. The minimum Gasteiger partial charge on any atom is -0.480 e. The van der Waals surface area contributed by atoms with Crippen molar-refractivity contribution in [2.75, 3.05) is 19.0 Å². The van der Waals surface area contributed by atoms with Crippen LogP contribution in [0.5, 0.6) is 0 Å². The molecule has 1 aromatic rings. The number of ether oxygens (including phenoxy) is 1. The van der Waals surface area contributed by atoms with E-state index in [-0.39, 0.29) is 6.61 Å². The Morgan fingerprint density at radius 2 is 1.95 bits per heavy atom. The quantitative estimate of drug-likeness (QED) is 0.714. The van der Waals surface area contributed by atoms with Crippen molar-refractivity contribution in [3.8, 4) is 0 Å². The molecule has 0 aliphatic heterocycles. The highest BCUT2D eigenvalue weighted by Gasteiger charge is 2.21. The van der Waals surface area contributed by atoms with Crippen LogP contribution in [-0.4, -0.2) is 36.9 Å². The molecular formula is C11H11F3N2O4. The summed E-state index contributed by atoms with van der Waals surface area (Å²) in [6.07, 6.45) is 0. The molecule has 2 amide bonds. The minimum absolute atomic E-state index is 0.316. The summed E-state index contributed by atoms with van der Waals surface area (Å²) in [7, 11) is 1.23. The zero-order chi connectivity index (χ0) is 15.3. The number of carbonyl (C=O) groups is 2. The summed E-state index contributed by atoms with van der Waals surface area (Å²) < 4.78 is 43.4. The van der Waals surface area contributed by atoms with Crippen LogP contribution in [0.4, 0.5) is 23.7 Å². The number of carboxylic acids is 1. The largest absolute Gasteiger partial charge is 0.480 e. The van der Waals surface area contributed by atoms with Crippen LogP contribution in [0, 0.1) is 17.5 Å². The molecule has 0 fully saturated rings. The maximum absolute atomic E-state index is 13.3. The first-order chi connectivity index (χ1) is 9.36. The summed E-state index contributed by atoms with van der Waals surface area (Å²) in [6.45, 7) is -0.316. The van der Waals surface area contributed by atoms with Crippen molar-refractivity contribution in [3.63, 3.8) is 0 Å². The smallest absolute Gasteiger partial charge is 0.328 e. The van der Waals surface area contributed by atoms with E-state index in [0.717, 1.165) is 6.07 Å². The van der Waals surface area contributed by atoms with Gasteiger partial charge in [-0.3, -0.25) is 0 Å². The van der Waals surface area contributed by atoms with Crippen LogP contribution in [0.2, 0.25) is 0 Å². The van der Waals surface area contributed by atoms with E-state index in [9.17, 15) is 22.8 Å². The maximum atomic E-state index is 13.3. The molecule has 20 heavy (non-hydrogen) atoms. The third-order valence-electron chi connectivity index (χ3n) is 2.22. The summed E-state index contributed by atoms with van der Waals surface area (Å²) in [5.41, 5.74) is -0.622. The fourth-order valence-corrected chi connectivity index (χ4v) is 1.28. The van der Waals surface area contributed by atoms with Gasteiger partial charge in [-0.1, -0.05) is 0 Å². The van der Waals surface area contributed by atoms with Crippen molar-refractivity contribution in [2.45, 2.75) is 6.04 Å². The fourth-order valence-electron chi connectivity index (χ4n) is 1.28. The topological polar surface area (TPSA) is 87.7 Å². The summed E-state index contributed by atoms with van der Waals surface area (Å²) in [5.74, 6) is -6.10. The number of anilines is 1. The number of rotatable bonds is 5. The first-order valence-corrected chi connectivity index (χ1v) is 5.29. The van der Waals surface area contributed by atoms with Gasteiger partial charge in [-0.2, -0.15) is 0 Å². The molecule has 1 atom stereocenters. The van der Waals surface area contributed by atoms with E-state index in [1.807, 2.05) is 10.6 Å². The fraction of sp³-hybridized carbons (Fsp3) is 0.273. The lowest BCUT2D eigenvalue weighted by molar-refractivity contribution is -0.140. The molecule has 1 aromatic carbocycles. The highest BCUT2D eigenvalue weighted by Crippen LogP contribution is 2.19. The molecule has 0 spiro atoms. The second-order valence-corrected chi connectivity index (χ2v) is 3.67. The Labute approximate surface area is 111 Å². The Hall–Kier alpha value is -2.29. The van der Waals surface area contributed by atoms with Crippen LogP contribution in [-0.2, 0) is 9.53 Å². The Bertz CT molecular complexity index is 525. The zero-order valence-electron chi connectivity index (χ0n) is 10.2. The van der Waals surface area contributed by atoms with E-state index in [1.54, 1.807) is 0 Å². The van der Waals surface area contributed by atoms with Crippen LogP contribution in [0.1, 0.15) is 0 Å². The standard InChI is InChI=1S/C11H11F3N2O4/c1-20-4-7(10(17)18)16-11(19)15-6-3-2-5(12)8(13)9(6)14/h2-3,7H,4H2,1H3,(H,17,18)(H2,15,16,19). The predicted octanol–water partition coefficient (Wildman–Crippen LogP) is 1.32. The summed E-state index contributed by atoms with van der Waals surface area (Å²) in [4.78, 5) is 22.2. The number of hydrogen-bond acceptors (Lipinski definition) is 3. The van der Waals surface area contributed by atoms with Gasteiger partial charge in [0, 0.05) is 7.11 Å². The predicted molar refractivity (Wildman–Crippen MR) is 61.8 cm³/mol. The second kappa shape index (κ2) is 6.75. The van der Waals surface area contributed by atoms with Gasteiger partial charge in [0.2, 0.25) is 0 Å². The molecule has 0 aliphatic rings. The second-order valence-electron chi connectivity index (χ2n) is 3.67. The molecule has 3 N–H and O–H groups in total. The van der Waals surface area contributed by atoms with Crippen molar-refractivity contribution in [3.05, 3.63) is 29.6 Å². The molecule has 0 saturated heterocycles. The SMILES string of the molecule is COCC(NC(=O)Nc1ccc(F)c(F)c1F)C(=O)O. The van der Waals surface area contributed by atoms with Gasteiger partial charge in [-0.05, 0) is 12.1 Å². The molecule has 0 radical (unpaired) electrons. The number of urea groups is 1. The number of halogens is 3. The van der Waals surface area contributed by atoms with Crippen molar-refractivity contribution in [2.24, 2.45) is 0 Å². The monoisotopic (exact) mass is 292 g/mol. The van der Waals surface area contributed by atoms with Gasteiger partial charge in [0.1, 0.15) is 0 Å². The lowest BCUT2D eigenvalue weighted by Gasteiger charge is -2.14. The van der Waals surface area contributed by atoms with Crippen molar-refractivity contribution in [1.29, 1.82) is 0 Å². The van der Waals surface area contributed by atoms with E-state index >= 15 is 0 Å². The number of carbonyl (C=O) groups excluding carboxylic acids is 1. The van der Waals surface area contributed by atoms with Gasteiger partial charge in [-0.25, -0.2) is 22.8 Å². The van der Waals surface area contributed by atoms with E-state index in [4.69, 9.17) is 5.11 Å². The van der Waals surface area contributed by atoms with E-state index < -0.39 is 41.2 Å². The van der Waals surface area contributed by atoms with Crippen molar-refractivity contribution < 1.29 is 32.6 Å². The molecule has 0 saturated carbocycles. The van der Waals surface area contributed by atoms with Gasteiger partial charge < -0.3 is 20.5 Å². The summed E-state index contributed by atoms with van der Waals surface area (Å²) in [5, 5.41) is 12.6. The summed E-state index contributed by atoms with van der Waals surface area (Å²) >= 11 is 0. The van der Waals surface area contributed by atoms with Crippen LogP contribution >= 0.6 is 0 Å². The lowest BCUT2D eigenvalue weighted by Crippen LogP contribution is -2.45. The number of aliphatic carboxylic acids is 1. The third kappa shape index (κ3) is 3.85. The molecule has 1 rings (SSSR count).